The van der Waals surface area contributed by atoms with Crippen LogP contribution in [0.1, 0.15) is 49.0 Å². The van der Waals surface area contributed by atoms with Crippen LogP contribution in [0.15, 0.2) is 22.9 Å². The summed E-state index contributed by atoms with van der Waals surface area (Å²) in [5, 5.41) is 4.61. The molecular weight excluding hydrogens is 292 g/mol. The number of rotatable bonds is 3. The summed E-state index contributed by atoms with van der Waals surface area (Å²) in [6.07, 6.45) is 6.97. The highest BCUT2D eigenvalue weighted by atomic mass is 79.9. The van der Waals surface area contributed by atoms with Crippen molar-refractivity contribution in [2.75, 3.05) is 0 Å². The molecule has 0 amide bonds. The van der Waals surface area contributed by atoms with Gasteiger partial charge in [0, 0.05) is 24.1 Å². The highest BCUT2D eigenvalue weighted by Gasteiger charge is 2.28. The number of hydrogen-bond acceptors (Lipinski definition) is 3. The molecule has 0 aliphatic heterocycles. The first-order chi connectivity index (χ1) is 8.79. The van der Waals surface area contributed by atoms with E-state index in [-0.39, 0.29) is 0 Å². The third-order valence-electron chi connectivity index (χ3n) is 3.48. The molecule has 5 heteroatoms. The molecule has 2 fully saturated rings. The molecule has 2 aliphatic carbocycles. The van der Waals surface area contributed by atoms with Gasteiger partial charge in [-0.1, -0.05) is 0 Å². The molecule has 92 valence electrons. The van der Waals surface area contributed by atoms with E-state index in [4.69, 9.17) is 0 Å². The minimum absolute atomic E-state index is 0.555. The molecule has 4 nitrogen and oxygen atoms in total. The summed E-state index contributed by atoms with van der Waals surface area (Å²) in [6, 6.07) is 4.03. The smallest absolute Gasteiger partial charge is 0.158 e. The third-order valence-corrected chi connectivity index (χ3v) is 3.89. The summed E-state index contributed by atoms with van der Waals surface area (Å²) in [4.78, 5) is 9.06. The van der Waals surface area contributed by atoms with Crippen LogP contribution in [-0.4, -0.2) is 19.7 Å². The summed E-state index contributed by atoms with van der Waals surface area (Å²) in [7, 11) is 0. The fourth-order valence-corrected chi connectivity index (χ4v) is 2.51. The molecule has 0 aromatic carbocycles. The van der Waals surface area contributed by atoms with Crippen molar-refractivity contribution in [1.82, 2.24) is 19.7 Å². The molecule has 2 aliphatic rings. The molecule has 0 radical (unpaired) electrons. The maximum atomic E-state index is 4.62. The molecule has 2 heterocycles. The fraction of sp³-hybridized carbons (Fsp3) is 0.462. The number of halogens is 1. The minimum Gasteiger partial charge on any atom is -0.226 e. The second-order valence-electron chi connectivity index (χ2n) is 5.14. The summed E-state index contributed by atoms with van der Waals surface area (Å²) < 4.78 is 2.71. The van der Waals surface area contributed by atoms with Gasteiger partial charge >= 0.3 is 0 Å². The largest absolute Gasteiger partial charge is 0.226 e. The lowest BCUT2D eigenvalue weighted by atomic mass is 10.3. The van der Waals surface area contributed by atoms with Gasteiger partial charge in [0.05, 0.1) is 5.69 Å². The van der Waals surface area contributed by atoms with Gasteiger partial charge in [0.1, 0.15) is 10.4 Å². The molecule has 4 rings (SSSR count). The van der Waals surface area contributed by atoms with Crippen LogP contribution in [0.5, 0.6) is 0 Å². The molecule has 0 bridgehead atoms. The van der Waals surface area contributed by atoms with Gasteiger partial charge in [0.2, 0.25) is 0 Å². The molecule has 0 N–H and O–H groups in total. The van der Waals surface area contributed by atoms with Crippen LogP contribution in [0, 0.1) is 0 Å². The van der Waals surface area contributed by atoms with Crippen molar-refractivity contribution in [2.45, 2.75) is 37.5 Å². The lowest BCUT2D eigenvalue weighted by Crippen LogP contribution is -2.03. The van der Waals surface area contributed by atoms with Crippen molar-refractivity contribution in [2.24, 2.45) is 0 Å². The van der Waals surface area contributed by atoms with Gasteiger partial charge in [0.25, 0.3) is 0 Å². The monoisotopic (exact) mass is 304 g/mol. The molecule has 0 saturated heterocycles. The van der Waals surface area contributed by atoms with Crippen molar-refractivity contribution in [1.29, 1.82) is 0 Å². The van der Waals surface area contributed by atoms with Gasteiger partial charge in [-0.25, -0.2) is 14.6 Å². The lowest BCUT2D eigenvalue weighted by Gasteiger charge is -2.04. The minimum atomic E-state index is 0.555. The van der Waals surface area contributed by atoms with Gasteiger partial charge in [-0.05, 0) is 47.7 Å². The molecule has 2 saturated carbocycles. The van der Waals surface area contributed by atoms with Gasteiger partial charge < -0.3 is 0 Å². The summed E-state index contributed by atoms with van der Waals surface area (Å²) in [5.74, 6) is 3.05. The Morgan fingerprint density at radius 2 is 1.89 bits per heavy atom. The second kappa shape index (κ2) is 3.88. The normalized spacial score (nSPS) is 19.2. The quantitative estimate of drug-likeness (QED) is 0.818. The van der Waals surface area contributed by atoms with Crippen LogP contribution >= 0.6 is 15.9 Å². The van der Waals surface area contributed by atoms with Crippen LogP contribution in [0.2, 0.25) is 0 Å². The standard InChI is InChI=1S/C13H13BrN4/c14-11-7-12(16-13(15-11)9-3-4-9)18-6-5-10(17-18)8-1-2-8/h5-9H,1-4H2. The van der Waals surface area contributed by atoms with E-state index in [1.807, 2.05) is 16.9 Å². The van der Waals surface area contributed by atoms with Crippen molar-refractivity contribution in [3.05, 3.63) is 34.5 Å². The first-order valence-electron chi connectivity index (χ1n) is 6.40. The Bertz CT molecular complexity index is 599. The Morgan fingerprint density at radius 1 is 1.11 bits per heavy atom. The van der Waals surface area contributed by atoms with E-state index in [0.717, 1.165) is 16.2 Å². The fourth-order valence-electron chi connectivity index (χ4n) is 2.13. The van der Waals surface area contributed by atoms with E-state index in [1.165, 1.54) is 31.4 Å². The summed E-state index contributed by atoms with van der Waals surface area (Å²) >= 11 is 3.46. The predicted octanol–water partition coefficient (Wildman–Crippen LogP) is 3.18. The van der Waals surface area contributed by atoms with Crippen molar-refractivity contribution >= 4 is 15.9 Å². The molecule has 0 unspecified atom stereocenters. The maximum Gasteiger partial charge on any atom is 0.158 e. The van der Waals surface area contributed by atoms with E-state index in [1.54, 1.807) is 0 Å². The van der Waals surface area contributed by atoms with Crippen LogP contribution in [0.3, 0.4) is 0 Å². The highest BCUT2D eigenvalue weighted by molar-refractivity contribution is 9.10. The van der Waals surface area contributed by atoms with E-state index in [9.17, 15) is 0 Å². The van der Waals surface area contributed by atoms with Crippen LogP contribution < -0.4 is 0 Å². The third kappa shape index (κ3) is 1.96. The van der Waals surface area contributed by atoms with Gasteiger partial charge in [-0.15, -0.1) is 0 Å². The SMILES string of the molecule is Brc1cc(-n2ccc(C3CC3)n2)nc(C2CC2)n1. The number of aromatic nitrogens is 4. The van der Waals surface area contributed by atoms with Crippen LogP contribution in [0.4, 0.5) is 0 Å². The Kier molecular flexibility index (Phi) is 2.30. The van der Waals surface area contributed by atoms with Gasteiger partial charge in [-0.3, -0.25) is 0 Å². The summed E-state index contributed by atoms with van der Waals surface area (Å²) in [6.45, 7) is 0. The van der Waals surface area contributed by atoms with Crippen molar-refractivity contribution in [3.63, 3.8) is 0 Å². The molecule has 2 aromatic heterocycles. The first-order valence-corrected chi connectivity index (χ1v) is 7.19. The summed E-state index contributed by atoms with van der Waals surface area (Å²) in [5.41, 5.74) is 1.19. The molecule has 0 atom stereocenters. The topological polar surface area (TPSA) is 43.6 Å². The molecular formula is C13H13BrN4. The molecule has 2 aromatic rings. The predicted molar refractivity (Wildman–Crippen MR) is 70.8 cm³/mol. The van der Waals surface area contributed by atoms with Gasteiger partial charge in [0.15, 0.2) is 5.82 Å². The Morgan fingerprint density at radius 3 is 2.61 bits per heavy atom. The number of nitrogens with zero attached hydrogens (tertiary/aromatic N) is 4. The lowest BCUT2D eigenvalue weighted by molar-refractivity contribution is 0.784. The highest BCUT2D eigenvalue weighted by Crippen LogP contribution is 2.40. The zero-order valence-corrected chi connectivity index (χ0v) is 11.5. The zero-order valence-electron chi connectivity index (χ0n) is 9.88. The van der Waals surface area contributed by atoms with Gasteiger partial charge in [-0.2, -0.15) is 5.10 Å². The Hall–Kier alpha value is -1.23. The average molecular weight is 305 g/mol. The van der Waals surface area contributed by atoms with E-state index < -0.39 is 0 Å². The van der Waals surface area contributed by atoms with Crippen molar-refractivity contribution < 1.29 is 0 Å². The average Bonchev–Trinajstić information content (AvgIpc) is 3.26. The van der Waals surface area contributed by atoms with E-state index in [0.29, 0.717) is 11.8 Å². The first kappa shape index (κ1) is 10.7. The maximum absolute atomic E-state index is 4.62. The zero-order chi connectivity index (χ0) is 12.1. The van der Waals surface area contributed by atoms with E-state index >= 15 is 0 Å². The van der Waals surface area contributed by atoms with E-state index in [2.05, 4.69) is 37.1 Å². The van der Waals surface area contributed by atoms with Crippen LogP contribution in [0.25, 0.3) is 5.82 Å². The second-order valence-corrected chi connectivity index (χ2v) is 5.95. The number of hydrogen-bond donors (Lipinski definition) is 0. The van der Waals surface area contributed by atoms with Crippen LogP contribution in [-0.2, 0) is 0 Å². The molecule has 0 spiro atoms. The molecule has 18 heavy (non-hydrogen) atoms. The van der Waals surface area contributed by atoms with Crippen molar-refractivity contribution in [3.8, 4) is 5.82 Å². The Labute approximate surface area is 114 Å². The Balaban J connectivity index is 1.72.